The van der Waals surface area contributed by atoms with Crippen molar-refractivity contribution in [2.75, 3.05) is 27.7 Å². The van der Waals surface area contributed by atoms with Crippen molar-refractivity contribution in [3.05, 3.63) is 40.9 Å². The molecule has 24 heavy (non-hydrogen) atoms. The Balaban J connectivity index is 1.96. The van der Waals surface area contributed by atoms with Gasteiger partial charge in [0.2, 0.25) is 5.91 Å². The predicted molar refractivity (Wildman–Crippen MR) is 99.2 cm³/mol. The number of aliphatic imine (C=N–C) groups is 1. The van der Waals surface area contributed by atoms with Gasteiger partial charge in [-0.1, -0.05) is 30.3 Å². The van der Waals surface area contributed by atoms with E-state index in [1.165, 1.54) is 0 Å². The molecule has 7 heteroatoms. The minimum absolute atomic E-state index is 0.00159. The molecule has 0 aliphatic heterocycles. The largest absolute Gasteiger partial charge is 0.351 e. The quantitative estimate of drug-likeness (QED) is 0.641. The Kier molecular flexibility index (Phi) is 6.31. The Morgan fingerprint density at radius 2 is 1.96 bits per heavy atom. The lowest BCUT2D eigenvalue weighted by Crippen LogP contribution is -2.42. The highest BCUT2D eigenvalue weighted by Gasteiger charge is 2.10. The normalized spacial score (nSPS) is 11.2. The van der Waals surface area contributed by atoms with Crippen LogP contribution in [0.3, 0.4) is 0 Å². The van der Waals surface area contributed by atoms with Crippen LogP contribution in [0.5, 0.6) is 0 Å². The smallest absolute Gasteiger partial charge is 0.241 e. The second-order valence-electron chi connectivity index (χ2n) is 5.46. The van der Waals surface area contributed by atoms with Gasteiger partial charge >= 0.3 is 0 Å². The maximum Gasteiger partial charge on any atom is 0.241 e. The maximum atomic E-state index is 11.6. The van der Waals surface area contributed by atoms with Crippen molar-refractivity contribution in [3.63, 3.8) is 0 Å². The second kappa shape index (κ2) is 8.44. The van der Waals surface area contributed by atoms with Gasteiger partial charge in [-0.25, -0.2) is 4.98 Å². The van der Waals surface area contributed by atoms with Gasteiger partial charge in [0.05, 0.1) is 18.8 Å². The van der Waals surface area contributed by atoms with Gasteiger partial charge < -0.3 is 15.5 Å². The summed E-state index contributed by atoms with van der Waals surface area (Å²) < 4.78 is 0. The monoisotopic (exact) mass is 345 g/mol. The fourth-order valence-electron chi connectivity index (χ4n) is 2.00. The lowest BCUT2D eigenvalue weighted by atomic mass is 10.2. The third-order valence-electron chi connectivity index (χ3n) is 3.46. The third-order valence-corrected chi connectivity index (χ3v) is 4.67. The Hall–Kier alpha value is -2.41. The molecule has 1 amide bonds. The van der Waals surface area contributed by atoms with E-state index in [0.717, 1.165) is 21.1 Å². The highest BCUT2D eigenvalue weighted by atomic mass is 32.1. The van der Waals surface area contributed by atoms with E-state index in [4.69, 9.17) is 0 Å². The van der Waals surface area contributed by atoms with Gasteiger partial charge in [0.25, 0.3) is 0 Å². The predicted octanol–water partition coefficient (Wildman–Crippen LogP) is 1.87. The lowest BCUT2D eigenvalue weighted by Gasteiger charge is -2.14. The van der Waals surface area contributed by atoms with Crippen LogP contribution in [0.4, 0.5) is 0 Å². The molecule has 0 aliphatic carbocycles. The molecule has 0 aliphatic rings. The summed E-state index contributed by atoms with van der Waals surface area (Å²) in [6, 6.07) is 10.1. The first-order chi connectivity index (χ1) is 11.5. The molecule has 2 N–H and O–H groups in total. The van der Waals surface area contributed by atoms with Gasteiger partial charge in [0.1, 0.15) is 5.01 Å². The zero-order chi connectivity index (χ0) is 17.5. The van der Waals surface area contributed by atoms with Crippen molar-refractivity contribution in [1.29, 1.82) is 0 Å². The van der Waals surface area contributed by atoms with Crippen LogP contribution in [-0.2, 0) is 11.3 Å². The van der Waals surface area contributed by atoms with Crippen LogP contribution in [0, 0.1) is 6.92 Å². The standard InChI is InChI=1S/C17H23N5OS/c1-12-14(24-16(21-12)13-8-6-5-7-9-13)10-19-17(18-2)20-11-15(23)22(3)4/h5-9H,10-11H2,1-4H3,(H2,18,19,20). The number of guanidine groups is 1. The molecule has 0 fully saturated rings. The average molecular weight is 345 g/mol. The molecule has 0 unspecified atom stereocenters. The number of amides is 1. The van der Waals surface area contributed by atoms with Gasteiger partial charge in [-0.2, -0.15) is 0 Å². The number of carbonyl (C=O) groups is 1. The lowest BCUT2D eigenvalue weighted by molar-refractivity contribution is -0.127. The summed E-state index contributed by atoms with van der Waals surface area (Å²) in [6.45, 7) is 2.83. The van der Waals surface area contributed by atoms with Gasteiger partial charge in [-0.3, -0.25) is 9.79 Å². The van der Waals surface area contributed by atoms with E-state index >= 15 is 0 Å². The molecule has 6 nitrogen and oxygen atoms in total. The summed E-state index contributed by atoms with van der Waals surface area (Å²) in [5.74, 6) is 0.595. The number of hydrogen-bond donors (Lipinski definition) is 2. The summed E-state index contributed by atoms with van der Waals surface area (Å²) in [4.78, 5) is 23.1. The van der Waals surface area contributed by atoms with Crippen LogP contribution in [0.25, 0.3) is 10.6 Å². The summed E-state index contributed by atoms with van der Waals surface area (Å²) >= 11 is 1.66. The molecule has 2 rings (SSSR count). The van der Waals surface area contributed by atoms with Crippen molar-refractivity contribution in [2.24, 2.45) is 4.99 Å². The fraction of sp³-hybridized carbons (Fsp3) is 0.353. The van der Waals surface area contributed by atoms with E-state index in [-0.39, 0.29) is 12.5 Å². The molecule has 0 saturated carbocycles. The third kappa shape index (κ3) is 4.79. The molecule has 1 aromatic heterocycles. The summed E-state index contributed by atoms with van der Waals surface area (Å²) in [6.07, 6.45) is 0. The SMILES string of the molecule is CN=C(NCC(=O)N(C)C)NCc1sc(-c2ccccc2)nc1C. The zero-order valence-electron chi connectivity index (χ0n) is 14.5. The topological polar surface area (TPSA) is 69.6 Å². The number of aryl methyl sites for hydroxylation is 1. The van der Waals surface area contributed by atoms with Crippen LogP contribution < -0.4 is 10.6 Å². The Morgan fingerprint density at radius 3 is 2.58 bits per heavy atom. The number of likely N-dealkylation sites (N-methyl/N-ethyl adjacent to an activating group) is 1. The van der Waals surface area contributed by atoms with Crippen molar-refractivity contribution in [2.45, 2.75) is 13.5 Å². The van der Waals surface area contributed by atoms with Crippen molar-refractivity contribution in [3.8, 4) is 10.6 Å². The number of thiazole rings is 1. The first-order valence-corrected chi connectivity index (χ1v) is 8.49. The molecule has 1 aromatic carbocycles. The molecule has 0 saturated heterocycles. The van der Waals surface area contributed by atoms with E-state index in [1.54, 1.807) is 37.4 Å². The zero-order valence-corrected chi connectivity index (χ0v) is 15.3. The van der Waals surface area contributed by atoms with Gasteiger partial charge in [-0.15, -0.1) is 11.3 Å². The Bertz CT molecular complexity index is 709. The minimum atomic E-state index is -0.00159. The van der Waals surface area contributed by atoms with Crippen LogP contribution in [-0.4, -0.2) is 49.4 Å². The van der Waals surface area contributed by atoms with Crippen LogP contribution in [0.15, 0.2) is 35.3 Å². The fourth-order valence-corrected chi connectivity index (χ4v) is 3.01. The van der Waals surface area contributed by atoms with E-state index in [1.807, 2.05) is 25.1 Å². The molecule has 0 bridgehead atoms. The highest BCUT2D eigenvalue weighted by Crippen LogP contribution is 2.27. The number of benzene rings is 1. The number of nitrogens with one attached hydrogen (secondary N) is 2. The number of aromatic nitrogens is 1. The first kappa shape index (κ1) is 17.9. The summed E-state index contributed by atoms with van der Waals surface area (Å²) in [7, 11) is 5.14. The average Bonchev–Trinajstić information content (AvgIpc) is 2.96. The van der Waals surface area contributed by atoms with Crippen LogP contribution in [0.1, 0.15) is 10.6 Å². The maximum absolute atomic E-state index is 11.6. The van der Waals surface area contributed by atoms with E-state index < -0.39 is 0 Å². The molecule has 2 aromatic rings. The van der Waals surface area contributed by atoms with E-state index in [2.05, 4.69) is 32.7 Å². The van der Waals surface area contributed by atoms with Crippen molar-refractivity contribution in [1.82, 2.24) is 20.5 Å². The van der Waals surface area contributed by atoms with Gasteiger partial charge in [0.15, 0.2) is 5.96 Å². The second-order valence-corrected chi connectivity index (χ2v) is 6.54. The molecule has 128 valence electrons. The van der Waals surface area contributed by atoms with E-state index in [0.29, 0.717) is 12.5 Å². The number of nitrogens with zero attached hydrogens (tertiary/aromatic N) is 3. The van der Waals surface area contributed by atoms with Gasteiger partial charge in [-0.05, 0) is 6.92 Å². The Morgan fingerprint density at radius 1 is 1.25 bits per heavy atom. The van der Waals surface area contributed by atoms with Crippen molar-refractivity contribution >= 4 is 23.2 Å². The summed E-state index contributed by atoms with van der Waals surface area (Å²) in [5.41, 5.74) is 2.13. The molecule has 0 spiro atoms. The Labute approximate surface area is 146 Å². The summed E-state index contributed by atoms with van der Waals surface area (Å²) in [5, 5.41) is 7.24. The first-order valence-electron chi connectivity index (χ1n) is 7.67. The van der Waals surface area contributed by atoms with Gasteiger partial charge in [0, 0.05) is 31.6 Å². The number of rotatable bonds is 5. The minimum Gasteiger partial charge on any atom is -0.351 e. The number of hydrogen-bond acceptors (Lipinski definition) is 4. The molecular formula is C17H23N5OS. The van der Waals surface area contributed by atoms with Crippen LogP contribution in [0.2, 0.25) is 0 Å². The molecule has 0 atom stereocenters. The number of carbonyl (C=O) groups excluding carboxylic acids is 1. The van der Waals surface area contributed by atoms with Crippen LogP contribution >= 0.6 is 11.3 Å². The molecular weight excluding hydrogens is 322 g/mol. The van der Waals surface area contributed by atoms with E-state index in [9.17, 15) is 4.79 Å². The molecule has 0 radical (unpaired) electrons. The van der Waals surface area contributed by atoms with Crippen molar-refractivity contribution < 1.29 is 4.79 Å². The molecule has 1 heterocycles. The highest BCUT2D eigenvalue weighted by molar-refractivity contribution is 7.15.